The predicted octanol–water partition coefficient (Wildman–Crippen LogP) is 2.22. The Labute approximate surface area is 153 Å². The van der Waals surface area contributed by atoms with Gasteiger partial charge in [0.05, 0.1) is 12.0 Å². The van der Waals surface area contributed by atoms with E-state index in [1.54, 1.807) is 20.8 Å². The largest absolute Gasteiger partial charge is 0.458 e. The lowest BCUT2D eigenvalue weighted by molar-refractivity contribution is -0.160. The molecule has 0 amide bonds. The lowest BCUT2D eigenvalue weighted by atomic mass is 9.83. The van der Waals surface area contributed by atoms with Gasteiger partial charge in [-0.1, -0.05) is 24.3 Å². The van der Waals surface area contributed by atoms with Crippen molar-refractivity contribution >= 4 is 11.9 Å². The van der Waals surface area contributed by atoms with Crippen LogP contribution in [-0.2, 0) is 23.8 Å². The molecule has 0 saturated carbocycles. The van der Waals surface area contributed by atoms with Crippen LogP contribution in [0, 0.1) is 5.92 Å². The summed E-state index contributed by atoms with van der Waals surface area (Å²) in [4.78, 5) is 24.5. The second-order valence-corrected chi connectivity index (χ2v) is 7.62. The van der Waals surface area contributed by atoms with E-state index in [-0.39, 0.29) is 11.7 Å². The molecule has 0 radical (unpaired) electrons. The van der Waals surface area contributed by atoms with Crippen LogP contribution < -0.4 is 0 Å². The maximum Gasteiger partial charge on any atom is 0.341 e. The summed E-state index contributed by atoms with van der Waals surface area (Å²) in [5.41, 5.74) is 1.03. The van der Waals surface area contributed by atoms with Gasteiger partial charge in [-0.25, -0.2) is 9.59 Å². The standard InChI is InChI=1S/C20H26O6/c1-10-7-6-8-11(2)17(25-19(23)20(5)13(4)26-20)16(21)15-12(3)18(22)24-14(15)9-10/h7-8,13-17,21H,3,6,9H2,1-2,4-5H3/b10-7-,11-8+/t13-,14-,15+,16+,17-,20-/m1/s1. The lowest BCUT2D eigenvalue weighted by Crippen LogP contribution is -2.44. The molecule has 6 atom stereocenters. The van der Waals surface area contributed by atoms with E-state index in [4.69, 9.17) is 14.2 Å². The Morgan fingerprint density at radius 1 is 1.38 bits per heavy atom. The summed E-state index contributed by atoms with van der Waals surface area (Å²) in [5, 5.41) is 11.0. The number of fused-ring (bicyclic) bond motifs is 1. The molecule has 3 rings (SSSR count). The molecule has 142 valence electrons. The zero-order chi connectivity index (χ0) is 19.2. The fourth-order valence-electron chi connectivity index (χ4n) is 3.60. The zero-order valence-electron chi connectivity index (χ0n) is 15.7. The van der Waals surface area contributed by atoms with E-state index in [9.17, 15) is 14.7 Å². The molecule has 2 fully saturated rings. The molecule has 2 heterocycles. The second kappa shape index (κ2) is 6.67. The van der Waals surface area contributed by atoms with Crippen molar-refractivity contribution in [3.8, 4) is 0 Å². The first-order chi connectivity index (χ1) is 12.1. The molecule has 2 saturated heterocycles. The van der Waals surface area contributed by atoms with Crippen LogP contribution in [0.4, 0.5) is 0 Å². The molecule has 0 aromatic carbocycles. The number of rotatable bonds is 2. The van der Waals surface area contributed by atoms with Gasteiger partial charge in [0, 0.05) is 12.0 Å². The lowest BCUT2D eigenvalue weighted by Gasteiger charge is -2.31. The third kappa shape index (κ3) is 3.23. The number of esters is 2. The van der Waals surface area contributed by atoms with E-state index in [2.05, 4.69) is 6.58 Å². The molecule has 6 nitrogen and oxygen atoms in total. The summed E-state index contributed by atoms with van der Waals surface area (Å²) in [6.07, 6.45) is 2.38. The predicted molar refractivity (Wildman–Crippen MR) is 94.1 cm³/mol. The highest BCUT2D eigenvalue weighted by Gasteiger charge is 2.58. The summed E-state index contributed by atoms with van der Waals surface area (Å²) >= 11 is 0. The Balaban J connectivity index is 1.92. The molecule has 1 N–H and O–H groups in total. The van der Waals surface area contributed by atoms with Gasteiger partial charge in [-0.3, -0.25) is 0 Å². The summed E-state index contributed by atoms with van der Waals surface area (Å²) in [6, 6.07) is 0. The monoisotopic (exact) mass is 362 g/mol. The first-order valence-corrected chi connectivity index (χ1v) is 8.94. The van der Waals surface area contributed by atoms with E-state index in [0.29, 0.717) is 12.8 Å². The number of carbonyl (C=O) groups is 2. The van der Waals surface area contributed by atoms with Crippen molar-refractivity contribution in [2.24, 2.45) is 5.92 Å². The molecule has 1 aliphatic carbocycles. The molecule has 6 heteroatoms. The second-order valence-electron chi connectivity index (χ2n) is 7.62. The quantitative estimate of drug-likeness (QED) is 0.351. The van der Waals surface area contributed by atoms with Crippen LogP contribution in [0.25, 0.3) is 0 Å². The number of hydrogen-bond acceptors (Lipinski definition) is 6. The third-order valence-corrected chi connectivity index (χ3v) is 5.66. The van der Waals surface area contributed by atoms with Crippen LogP contribution in [0.1, 0.15) is 40.5 Å². The third-order valence-electron chi connectivity index (χ3n) is 5.66. The first kappa shape index (κ1) is 18.9. The number of ether oxygens (including phenoxy) is 3. The zero-order valence-corrected chi connectivity index (χ0v) is 15.7. The van der Waals surface area contributed by atoms with Gasteiger partial charge in [0.25, 0.3) is 0 Å². The van der Waals surface area contributed by atoms with E-state index in [0.717, 1.165) is 11.1 Å². The maximum absolute atomic E-state index is 12.5. The van der Waals surface area contributed by atoms with E-state index < -0.39 is 41.8 Å². The van der Waals surface area contributed by atoms with Gasteiger partial charge in [0.1, 0.15) is 18.3 Å². The van der Waals surface area contributed by atoms with Gasteiger partial charge >= 0.3 is 11.9 Å². The maximum atomic E-state index is 12.5. The number of aliphatic hydroxyl groups is 1. The molecule has 3 aliphatic rings. The van der Waals surface area contributed by atoms with Gasteiger partial charge in [-0.05, 0) is 39.7 Å². The Kier molecular flexibility index (Phi) is 4.84. The van der Waals surface area contributed by atoms with Gasteiger partial charge in [0.15, 0.2) is 5.60 Å². The van der Waals surface area contributed by atoms with Crippen LogP contribution in [0.15, 0.2) is 35.5 Å². The van der Waals surface area contributed by atoms with Crippen LogP contribution >= 0.6 is 0 Å². The molecule has 0 aromatic rings. The molecule has 0 spiro atoms. The molecule has 0 unspecified atom stereocenters. The Bertz CT molecular complexity index is 705. The van der Waals surface area contributed by atoms with E-state index in [1.807, 2.05) is 19.1 Å². The van der Waals surface area contributed by atoms with Gasteiger partial charge in [0.2, 0.25) is 0 Å². The van der Waals surface area contributed by atoms with Crippen LogP contribution in [0.3, 0.4) is 0 Å². The van der Waals surface area contributed by atoms with Crippen molar-refractivity contribution in [1.29, 1.82) is 0 Å². The minimum Gasteiger partial charge on any atom is -0.458 e. The van der Waals surface area contributed by atoms with Crippen LogP contribution in [0.2, 0.25) is 0 Å². The normalized spacial score (nSPS) is 44.1. The topological polar surface area (TPSA) is 85.4 Å². The van der Waals surface area contributed by atoms with Crippen molar-refractivity contribution in [3.05, 3.63) is 35.5 Å². The van der Waals surface area contributed by atoms with Gasteiger partial charge < -0.3 is 19.3 Å². The summed E-state index contributed by atoms with van der Waals surface area (Å²) in [5.74, 6) is -1.66. The summed E-state index contributed by atoms with van der Waals surface area (Å²) in [6.45, 7) is 11.0. The number of epoxide rings is 1. The van der Waals surface area contributed by atoms with Gasteiger partial charge in [-0.2, -0.15) is 0 Å². The fraction of sp³-hybridized carbons (Fsp3) is 0.600. The highest BCUT2D eigenvalue weighted by atomic mass is 16.7. The fourth-order valence-corrected chi connectivity index (χ4v) is 3.60. The number of allylic oxidation sites excluding steroid dienone is 2. The highest BCUT2D eigenvalue weighted by molar-refractivity contribution is 5.91. The molecule has 0 aromatic heterocycles. The van der Waals surface area contributed by atoms with Crippen LogP contribution in [-0.4, -0.2) is 47.1 Å². The average Bonchev–Trinajstić information content (AvgIpc) is 3.09. The van der Waals surface area contributed by atoms with Gasteiger partial charge in [-0.15, -0.1) is 0 Å². The van der Waals surface area contributed by atoms with Crippen molar-refractivity contribution < 1.29 is 28.9 Å². The summed E-state index contributed by atoms with van der Waals surface area (Å²) < 4.78 is 16.4. The van der Waals surface area contributed by atoms with Crippen molar-refractivity contribution in [1.82, 2.24) is 0 Å². The smallest absolute Gasteiger partial charge is 0.341 e. The molecule has 0 bridgehead atoms. The molecular weight excluding hydrogens is 336 g/mol. The minimum absolute atomic E-state index is 0.215. The Morgan fingerprint density at radius 3 is 2.65 bits per heavy atom. The van der Waals surface area contributed by atoms with Crippen molar-refractivity contribution in [2.45, 2.75) is 70.6 Å². The van der Waals surface area contributed by atoms with E-state index in [1.165, 1.54) is 0 Å². The number of carbonyl (C=O) groups excluding carboxylic acids is 2. The van der Waals surface area contributed by atoms with Crippen LogP contribution in [0.5, 0.6) is 0 Å². The van der Waals surface area contributed by atoms with Crippen molar-refractivity contribution in [2.75, 3.05) is 0 Å². The Hall–Kier alpha value is -1.92. The van der Waals surface area contributed by atoms with E-state index >= 15 is 0 Å². The summed E-state index contributed by atoms with van der Waals surface area (Å²) in [7, 11) is 0. The Morgan fingerprint density at radius 2 is 2.04 bits per heavy atom. The SMILES string of the molecule is C=C1C(=O)O[C@@H]2C/C(C)=C\C/C=C(\C)[C@@H](OC(=O)[C@]3(C)O[C@@H]3C)[C@@H](O)[C@@H]12. The molecule has 26 heavy (non-hydrogen) atoms. The average molecular weight is 362 g/mol. The minimum atomic E-state index is -1.12. The number of hydrogen-bond donors (Lipinski definition) is 1. The first-order valence-electron chi connectivity index (χ1n) is 8.94. The molecule has 2 aliphatic heterocycles. The van der Waals surface area contributed by atoms with Crippen molar-refractivity contribution in [3.63, 3.8) is 0 Å². The molecular formula is C20H26O6. The highest BCUT2D eigenvalue weighted by Crippen LogP contribution is 2.40. The number of aliphatic hydroxyl groups excluding tert-OH is 1.